The molecule has 1 aromatic rings. The van der Waals surface area contributed by atoms with Crippen molar-refractivity contribution in [2.75, 3.05) is 0 Å². The minimum atomic E-state index is -6.51. The van der Waals surface area contributed by atoms with Gasteiger partial charge in [0.05, 0.1) is 0 Å². The number of allylic oxidation sites excluding steroid dienone is 4. The zero-order valence-electron chi connectivity index (χ0n) is 18.0. The number of benzene rings is 1. The molecule has 0 aromatic heterocycles. The predicted octanol–water partition coefficient (Wildman–Crippen LogP) is 9.45. The molecule has 1 aliphatic carbocycles. The van der Waals surface area contributed by atoms with E-state index in [1.807, 2.05) is 38.3 Å². The predicted molar refractivity (Wildman–Crippen MR) is 118 cm³/mol. The minimum absolute atomic E-state index is 0.294. The maximum absolute atomic E-state index is 7.90. The second-order valence-electron chi connectivity index (χ2n) is 15.2. The SMILES string of the molecule is CC(C)c1cccc(C(C)C)c1[O][Ti]([CH3])([CH3])([CH3])([CH3])([CH3])([Cl])([Cl])[C]1=CC=CC1. The van der Waals surface area contributed by atoms with E-state index >= 15 is 0 Å². The molecule has 1 aromatic carbocycles. The third-order valence-corrected chi connectivity index (χ3v) is 17.5. The molecular formula is C22H37Cl2OTi. The van der Waals surface area contributed by atoms with Crippen molar-refractivity contribution in [1.29, 1.82) is 0 Å². The molecule has 149 valence electrons. The van der Waals surface area contributed by atoms with E-state index in [-0.39, 0.29) is 0 Å². The Morgan fingerprint density at radius 3 is 1.69 bits per heavy atom. The number of halogens is 2. The molecule has 0 bridgehead atoms. The molecule has 0 fully saturated rings. The van der Waals surface area contributed by atoms with Crippen LogP contribution in [0.4, 0.5) is 0 Å². The second kappa shape index (κ2) is 3.68. The molecule has 4 heteroatoms. The fourth-order valence-corrected chi connectivity index (χ4v) is 12.2. The number of hydrogen-bond acceptors (Lipinski definition) is 1. The van der Waals surface area contributed by atoms with Crippen LogP contribution in [0.1, 0.15) is 57.1 Å². The van der Waals surface area contributed by atoms with Gasteiger partial charge in [-0.2, -0.15) is 0 Å². The summed E-state index contributed by atoms with van der Waals surface area (Å²) in [5.41, 5.74) is 2.27. The van der Waals surface area contributed by atoms with E-state index in [1.165, 1.54) is 0 Å². The zero-order chi connectivity index (χ0) is 20.5. The second-order valence-corrected chi connectivity index (χ2v) is 67.5. The maximum atomic E-state index is 7.90. The molecular weight excluding hydrogens is 399 g/mol. The van der Waals surface area contributed by atoms with E-state index in [0.717, 1.165) is 20.8 Å². The summed E-state index contributed by atoms with van der Waals surface area (Å²) < 4.78 is 8.13. The molecule has 0 saturated carbocycles. The van der Waals surface area contributed by atoms with Crippen LogP contribution in [0.3, 0.4) is 0 Å². The first-order valence-electron chi connectivity index (χ1n) is 9.88. The fourth-order valence-electron chi connectivity index (χ4n) is 3.89. The fraction of sp³-hybridized carbons (Fsp3) is 0.545. The van der Waals surface area contributed by atoms with Crippen LogP contribution in [0.5, 0.6) is 5.75 Å². The van der Waals surface area contributed by atoms with Crippen LogP contribution in [0.15, 0.2) is 40.3 Å². The topological polar surface area (TPSA) is 9.23 Å². The Labute approximate surface area is 159 Å². The Kier molecular flexibility index (Phi) is 3.12. The average Bonchev–Trinajstić information content (AvgIpc) is 2.90. The summed E-state index contributed by atoms with van der Waals surface area (Å²) in [6.45, 7) is 8.70. The van der Waals surface area contributed by atoms with Gasteiger partial charge < -0.3 is 0 Å². The van der Waals surface area contributed by atoms with Crippen molar-refractivity contribution in [2.24, 2.45) is 0 Å². The van der Waals surface area contributed by atoms with E-state index in [0.29, 0.717) is 18.3 Å². The van der Waals surface area contributed by atoms with Crippen molar-refractivity contribution < 1.29 is 11.8 Å². The van der Waals surface area contributed by atoms with Gasteiger partial charge in [-0.1, -0.05) is 0 Å². The first-order valence-corrected chi connectivity index (χ1v) is 23.4. The van der Waals surface area contributed by atoms with Gasteiger partial charge in [0.25, 0.3) is 0 Å². The molecule has 0 unspecified atom stereocenters. The normalized spacial score (nSPS) is 23.3. The van der Waals surface area contributed by atoms with Crippen molar-refractivity contribution in [3.05, 3.63) is 51.4 Å². The molecule has 0 spiro atoms. The monoisotopic (exact) mass is 435 g/mol. The molecule has 0 aliphatic heterocycles. The van der Waals surface area contributed by atoms with Crippen molar-refractivity contribution in [2.45, 2.75) is 72.1 Å². The molecule has 0 heterocycles. The number of rotatable bonds is 5. The molecule has 0 radical (unpaired) electrons. The van der Waals surface area contributed by atoms with E-state index in [2.05, 4.69) is 52.0 Å². The summed E-state index contributed by atoms with van der Waals surface area (Å²) >= 11 is 0. The first-order chi connectivity index (χ1) is 10.9. The zero-order valence-corrected chi connectivity index (χ0v) is 21.1. The van der Waals surface area contributed by atoms with Gasteiger partial charge in [0, 0.05) is 0 Å². The number of para-hydroxylation sites is 1. The van der Waals surface area contributed by atoms with Gasteiger partial charge in [-0.3, -0.25) is 0 Å². The van der Waals surface area contributed by atoms with E-state index < -0.39 is 8.44 Å². The molecule has 26 heavy (non-hydrogen) atoms. The van der Waals surface area contributed by atoms with Crippen molar-refractivity contribution >= 4 is 18.6 Å². The van der Waals surface area contributed by atoms with Gasteiger partial charge in [-0.25, -0.2) is 0 Å². The van der Waals surface area contributed by atoms with E-state index in [9.17, 15) is 0 Å². The van der Waals surface area contributed by atoms with Gasteiger partial charge >= 0.3 is 160 Å². The summed E-state index contributed by atoms with van der Waals surface area (Å²) in [7, 11) is 9.28. The summed E-state index contributed by atoms with van der Waals surface area (Å²) in [5, 5.41) is 9.81. The van der Waals surface area contributed by atoms with Crippen LogP contribution in [-0.4, -0.2) is 0 Å². The Bertz CT molecular complexity index is 871. The van der Waals surface area contributed by atoms with Crippen molar-refractivity contribution in [3.8, 4) is 5.75 Å². The van der Waals surface area contributed by atoms with Crippen LogP contribution < -0.4 is 3.32 Å². The molecule has 0 atom stereocenters. The summed E-state index contributed by atoms with van der Waals surface area (Å²) in [4.78, 5) is 0. The van der Waals surface area contributed by atoms with Gasteiger partial charge in [0.15, 0.2) is 0 Å². The van der Waals surface area contributed by atoms with Gasteiger partial charge in [0.1, 0.15) is 0 Å². The van der Waals surface area contributed by atoms with Crippen LogP contribution >= 0.6 is 18.6 Å². The molecule has 0 amide bonds. The molecule has 2 rings (SSSR count). The van der Waals surface area contributed by atoms with Crippen LogP contribution in [0.2, 0.25) is 26.1 Å². The molecule has 1 nitrogen and oxygen atoms in total. The Hall–Kier alpha value is -0.206. The third-order valence-electron chi connectivity index (χ3n) is 5.81. The quantitative estimate of drug-likeness (QED) is 0.418. The molecule has 1 aliphatic rings. The summed E-state index contributed by atoms with van der Waals surface area (Å²) in [6, 6.07) is 6.34. The summed E-state index contributed by atoms with van der Waals surface area (Å²) in [6.07, 6.45) is 6.83. The Balaban J connectivity index is 2.99. The number of hydrogen-bond donors (Lipinski definition) is 0. The van der Waals surface area contributed by atoms with Gasteiger partial charge in [0.2, 0.25) is 0 Å². The van der Waals surface area contributed by atoms with Crippen LogP contribution in [-0.2, 0) is 8.44 Å². The van der Waals surface area contributed by atoms with Crippen molar-refractivity contribution in [3.63, 3.8) is 0 Å². The van der Waals surface area contributed by atoms with Gasteiger partial charge in [-0.05, 0) is 0 Å². The van der Waals surface area contributed by atoms with Gasteiger partial charge in [-0.15, -0.1) is 0 Å². The average molecular weight is 436 g/mol. The Morgan fingerprint density at radius 2 is 1.35 bits per heavy atom. The Morgan fingerprint density at radius 1 is 0.885 bits per heavy atom. The first kappa shape index (κ1) is 22.1. The standard InChI is InChI=1S/C12H18O.C5H5.5CH3.2ClH.Ti/c1-8(2)10-6-5-7-11(9(3)4)12(10)13;1-2-4-5-3-1;;;;;;;;/h5-9,13H,1-4H3;1-3H,4H2;5*1H3;2*1H;/q;;;;;;;;;+3/p-3. The van der Waals surface area contributed by atoms with E-state index in [4.69, 9.17) is 21.9 Å². The third kappa shape index (κ3) is 4.12. The molecule has 0 N–H and O–H groups in total. The van der Waals surface area contributed by atoms with Crippen molar-refractivity contribution in [1.82, 2.24) is 0 Å². The van der Waals surface area contributed by atoms with Crippen LogP contribution in [0, 0.1) is 0 Å². The summed E-state index contributed by atoms with van der Waals surface area (Å²) in [5.74, 6) is 1.42. The van der Waals surface area contributed by atoms with E-state index in [1.54, 1.807) is 0 Å². The molecule has 0 saturated heterocycles. The van der Waals surface area contributed by atoms with Crippen LogP contribution in [0.25, 0.3) is 0 Å².